The molecule has 1 aromatic carbocycles. The Balaban J connectivity index is 1.43. The highest BCUT2D eigenvalue weighted by atomic mass is 16.2. The number of amides is 3. The number of aromatic nitrogens is 2. The number of rotatable bonds is 2. The van der Waals surface area contributed by atoms with Crippen LogP contribution in [0.15, 0.2) is 36.5 Å². The second-order valence-corrected chi connectivity index (χ2v) is 6.35. The SMILES string of the molecule is O=C1NCc2c(NC(=O)N3CCCN(c4cccnn4)CC3)cccc21. The number of urea groups is 1. The molecule has 1 saturated heterocycles. The van der Waals surface area contributed by atoms with E-state index in [0.29, 0.717) is 37.4 Å². The van der Waals surface area contributed by atoms with Crippen molar-refractivity contribution >= 4 is 23.4 Å². The quantitative estimate of drug-likeness (QED) is 0.854. The summed E-state index contributed by atoms with van der Waals surface area (Å²) < 4.78 is 0. The number of nitrogens with one attached hydrogen (secondary N) is 2. The summed E-state index contributed by atoms with van der Waals surface area (Å²) in [6.45, 7) is 3.27. The largest absolute Gasteiger partial charge is 0.353 e. The molecule has 134 valence electrons. The molecular formula is C18H20N6O2. The van der Waals surface area contributed by atoms with E-state index in [1.54, 1.807) is 23.2 Å². The number of anilines is 2. The van der Waals surface area contributed by atoms with Gasteiger partial charge in [-0.15, -0.1) is 5.10 Å². The van der Waals surface area contributed by atoms with Gasteiger partial charge in [-0.3, -0.25) is 4.79 Å². The van der Waals surface area contributed by atoms with Crippen LogP contribution in [-0.4, -0.2) is 53.2 Å². The number of fused-ring (bicyclic) bond motifs is 1. The predicted octanol–water partition coefficient (Wildman–Crippen LogP) is 1.46. The molecule has 8 heteroatoms. The van der Waals surface area contributed by atoms with Gasteiger partial charge in [-0.1, -0.05) is 6.07 Å². The number of benzene rings is 1. The number of carbonyl (C=O) groups is 2. The van der Waals surface area contributed by atoms with E-state index in [1.165, 1.54) is 0 Å². The maximum atomic E-state index is 12.7. The Morgan fingerprint density at radius 3 is 2.88 bits per heavy atom. The van der Waals surface area contributed by atoms with Gasteiger partial charge in [0.25, 0.3) is 5.91 Å². The van der Waals surface area contributed by atoms with Crippen molar-refractivity contribution in [2.75, 3.05) is 36.4 Å². The van der Waals surface area contributed by atoms with Gasteiger partial charge >= 0.3 is 6.03 Å². The molecule has 2 N–H and O–H groups in total. The van der Waals surface area contributed by atoms with Gasteiger partial charge in [0.1, 0.15) is 0 Å². The molecule has 2 aromatic rings. The van der Waals surface area contributed by atoms with E-state index in [9.17, 15) is 9.59 Å². The normalized spacial score (nSPS) is 16.7. The lowest BCUT2D eigenvalue weighted by Crippen LogP contribution is -2.38. The van der Waals surface area contributed by atoms with E-state index in [-0.39, 0.29) is 11.9 Å². The molecule has 0 aliphatic carbocycles. The number of nitrogens with zero attached hydrogens (tertiary/aromatic N) is 4. The molecule has 3 amide bonds. The van der Waals surface area contributed by atoms with Gasteiger partial charge in [0.05, 0.1) is 0 Å². The molecule has 0 radical (unpaired) electrons. The van der Waals surface area contributed by atoms with Crippen molar-refractivity contribution < 1.29 is 9.59 Å². The van der Waals surface area contributed by atoms with Crippen molar-refractivity contribution in [1.82, 2.24) is 20.4 Å². The minimum absolute atomic E-state index is 0.0921. The van der Waals surface area contributed by atoms with E-state index >= 15 is 0 Å². The Labute approximate surface area is 151 Å². The lowest BCUT2D eigenvalue weighted by molar-refractivity contribution is 0.0965. The molecule has 3 heterocycles. The van der Waals surface area contributed by atoms with E-state index in [2.05, 4.69) is 25.7 Å². The summed E-state index contributed by atoms with van der Waals surface area (Å²) in [4.78, 5) is 28.4. The number of hydrogen-bond acceptors (Lipinski definition) is 5. The molecule has 1 aromatic heterocycles. The fraction of sp³-hybridized carbons (Fsp3) is 0.333. The second-order valence-electron chi connectivity index (χ2n) is 6.35. The molecule has 1 fully saturated rings. The highest BCUT2D eigenvalue weighted by molar-refractivity contribution is 6.01. The van der Waals surface area contributed by atoms with Crippen LogP contribution in [0.1, 0.15) is 22.3 Å². The van der Waals surface area contributed by atoms with E-state index in [1.807, 2.05) is 18.2 Å². The Kier molecular flexibility index (Phi) is 4.39. The lowest BCUT2D eigenvalue weighted by atomic mass is 10.1. The van der Waals surface area contributed by atoms with Gasteiger partial charge in [-0.2, -0.15) is 5.10 Å². The van der Waals surface area contributed by atoms with Crippen LogP contribution in [-0.2, 0) is 6.54 Å². The standard InChI is InChI=1S/C18H20N6O2/c25-17-13-4-1-5-15(14(13)12-19-17)21-18(26)24-9-3-8-23(10-11-24)16-6-2-7-20-22-16/h1-2,4-7H,3,8-12H2,(H,19,25)(H,21,26). The summed E-state index contributed by atoms with van der Waals surface area (Å²) in [5, 5.41) is 13.8. The highest BCUT2D eigenvalue weighted by Gasteiger charge is 2.24. The van der Waals surface area contributed by atoms with Crippen LogP contribution in [0, 0.1) is 0 Å². The summed E-state index contributed by atoms with van der Waals surface area (Å²) in [5.41, 5.74) is 2.18. The third-order valence-electron chi connectivity index (χ3n) is 4.75. The Bertz CT molecular complexity index is 826. The number of hydrogen-bond donors (Lipinski definition) is 2. The predicted molar refractivity (Wildman–Crippen MR) is 97.1 cm³/mol. The van der Waals surface area contributed by atoms with E-state index in [0.717, 1.165) is 24.3 Å². The summed E-state index contributed by atoms with van der Waals surface area (Å²) in [5.74, 6) is 0.741. The fourth-order valence-electron chi connectivity index (χ4n) is 3.38. The van der Waals surface area contributed by atoms with Gasteiger partial charge in [0, 0.05) is 55.7 Å². The smallest absolute Gasteiger partial charge is 0.321 e. The van der Waals surface area contributed by atoms with Crippen LogP contribution in [0.3, 0.4) is 0 Å². The Morgan fingerprint density at radius 1 is 1.12 bits per heavy atom. The van der Waals surface area contributed by atoms with Gasteiger partial charge in [0.15, 0.2) is 5.82 Å². The first kappa shape index (κ1) is 16.3. The summed E-state index contributed by atoms with van der Waals surface area (Å²) in [7, 11) is 0. The van der Waals surface area contributed by atoms with Gasteiger partial charge in [-0.25, -0.2) is 4.79 Å². The second kappa shape index (κ2) is 6.99. The van der Waals surface area contributed by atoms with Crippen LogP contribution in [0.4, 0.5) is 16.3 Å². The van der Waals surface area contributed by atoms with Crippen LogP contribution in [0.2, 0.25) is 0 Å². The van der Waals surface area contributed by atoms with Crippen molar-refractivity contribution in [3.05, 3.63) is 47.7 Å². The van der Waals surface area contributed by atoms with Crippen molar-refractivity contribution in [3.8, 4) is 0 Å². The molecule has 26 heavy (non-hydrogen) atoms. The molecule has 0 spiro atoms. The zero-order chi connectivity index (χ0) is 17.9. The topological polar surface area (TPSA) is 90.5 Å². The van der Waals surface area contributed by atoms with Crippen molar-refractivity contribution in [2.24, 2.45) is 0 Å². The fourth-order valence-corrected chi connectivity index (χ4v) is 3.38. The van der Waals surface area contributed by atoms with Crippen molar-refractivity contribution in [3.63, 3.8) is 0 Å². The maximum absolute atomic E-state index is 12.7. The minimum atomic E-state index is -0.140. The van der Waals surface area contributed by atoms with Crippen molar-refractivity contribution in [2.45, 2.75) is 13.0 Å². The van der Waals surface area contributed by atoms with Crippen LogP contribution in [0.25, 0.3) is 0 Å². The molecule has 2 aliphatic heterocycles. The number of carbonyl (C=O) groups excluding carboxylic acids is 2. The molecule has 0 unspecified atom stereocenters. The average molecular weight is 352 g/mol. The third-order valence-corrected chi connectivity index (χ3v) is 4.75. The summed E-state index contributed by atoms with van der Waals surface area (Å²) in [6.07, 6.45) is 2.51. The van der Waals surface area contributed by atoms with Crippen LogP contribution < -0.4 is 15.5 Å². The zero-order valence-corrected chi connectivity index (χ0v) is 14.3. The first-order valence-corrected chi connectivity index (χ1v) is 8.71. The summed E-state index contributed by atoms with van der Waals surface area (Å²) in [6, 6.07) is 9.05. The Hall–Kier alpha value is -3.16. The zero-order valence-electron chi connectivity index (χ0n) is 14.3. The first-order chi connectivity index (χ1) is 12.7. The molecule has 0 saturated carbocycles. The van der Waals surface area contributed by atoms with E-state index in [4.69, 9.17) is 0 Å². The van der Waals surface area contributed by atoms with Gasteiger partial charge in [-0.05, 0) is 30.7 Å². The van der Waals surface area contributed by atoms with Gasteiger partial charge in [0.2, 0.25) is 0 Å². The molecular weight excluding hydrogens is 332 g/mol. The first-order valence-electron chi connectivity index (χ1n) is 8.71. The monoisotopic (exact) mass is 352 g/mol. The molecule has 8 nitrogen and oxygen atoms in total. The molecule has 2 aliphatic rings. The minimum Gasteiger partial charge on any atom is -0.353 e. The third kappa shape index (κ3) is 3.17. The van der Waals surface area contributed by atoms with Gasteiger partial charge < -0.3 is 20.4 Å². The lowest BCUT2D eigenvalue weighted by Gasteiger charge is -2.23. The van der Waals surface area contributed by atoms with Crippen LogP contribution >= 0.6 is 0 Å². The summed E-state index contributed by atoms with van der Waals surface area (Å²) >= 11 is 0. The molecule has 0 bridgehead atoms. The Morgan fingerprint density at radius 2 is 2.04 bits per heavy atom. The highest BCUT2D eigenvalue weighted by Crippen LogP contribution is 2.24. The van der Waals surface area contributed by atoms with Crippen molar-refractivity contribution in [1.29, 1.82) is 0 Å². The molecule has 4 rings (SSSR count). The maximum Gasteiger partial charge on any atom is 0.321 e. The average Bonchev–Trinajstić information content (AvgIpc) is 2.90. The van der Waals surface area contributed by atoms with E-state index < -0.39 is 0 Å². The van der Waals surface area contributed by atoms with Crippen LogP contribution in [0.5, 0.6) is 0 Å². The molecule has 0 atom stereocenters.